The molecule has 1 aliphatic heterocycles. The Labute approximate surface area is 135 Å². The molecule has 2 heterocycles. The second-order valence-electron chi connectivity index (χ2n) is 4.71. The van der Waals surface area contributed by atoms with Crippen molar-refractivity contribution in [2.24, 2.45) is 5.16 Å². The molecule has 23 heavy (non-hydrogen) atoms. The summed E-state index contributed by atoms with van der Waals surface area (Å²) in [6.45, 7) is 0. The summed E-state index contributed by atoms with van der Waals surface area (Å²) in [5.74, 6) is -0.847. The van der Waals surface area contributed by atoms with E-state index in [9.17, 15) is 9.59 Å². The van der Waals surface area contributed by atoms with Crippen LogP contribution in [0.25, 0.3) is 0 Å². The summed E-state index contributed by atoms with van der Waals surface area (Å²) in [7, 11) is 1.29. The van der Waals surface area contributed by atoms with Crippen LogP contribution in [0, 0.1) is 0 Å². The molecule has 1 N–H and O–H groups in total. The molecule has 0 saturated carbocycles. The van der Waals surface area contributed by atoms with Crippen LogP contribution in [-0.4, -0.2) is 35.8 Å². The lowest BCUT2D eigenvalue weighted by atomic mass is 10.1. The van der Waals surface area contributed by atoms with E-state index >= 15 is 0 Å². The number of hydrogen-bond acceptors (Lipinski definition) is 7. The number of nitrogens with zero attached hydrogens (tertiary/aromatic N) is 2. The molecule has 118 valence electrons. The van der Waals surface area contributed by atoms with Gasteiger partial charge in [0.2, 0.25) is 6.10 Å². The van der Waals surface area contributed by atoms with Crippen molar-refractivity contribution in [2.75, 3.05) is 12.4 Å². The number of ether oxygens (including phenoxy) is 1. The number of carbonyl (C=O) groups is 2. The number of carbonyl (C=O) groups excluding carboxylic acids is 2. The first-order valence-corrected chi connectivity index (χ1v) is 7.62. The van der Waals surface area contributed by atoms with Gasteiger partial charge in [0, 0.05) is 6.42 Å². The van der Waals surface area contributed by atoms with Crippen LogP contribution >= 0.6 is 11.3 Å². The Balaban J connectivity index is 1.60. The first-order chi connectivity index (χ1) is 11.2. The van der Waals surface area contributed by atoms with E-state index in [-0.39, 0.29) is 5.91 Å². The molecule has 0 saturated heterocycles. The number of methoxy groups -OCH3 is 1. The van der Waals surface area contributed by atoms with Crippen LogP contribution in [0.15, 0.2) is 41.7 Å². The molecule has 0 fully saturated rings. The van der Waals surface area contributed by atoms with Gasteiger partial charge in [0.25, 0.3) is 5.91 Å². The maximum absolute atomic E-state index is 12.2. The van der Waals surface area contributed by atoms with Crippen LogP contribution in [0.5, 0.6) is 0 Å². The number of benzene rings is 1. The molecule has 0 spiro atoms. The van der Waals surface area contributed by atoms with Crippen molar-refractivity contribution in [1.82, 2.24) is 4.98 Å². The highest BCUT2D eigenvalue weighted by molar-refractivity contribution is 7.17. The van der Waals surface area contributed by atoms with Gasteiger partial charge in [0.1, 0.15) is 4.88 Å². The number of esters is 1. The summed E-state index contributed by atoms with van der Waals surface area (Å²) in [4.78, 5) is 33.0. The summed E-state index contributed by atoms with van der Waals surface area (Å²) < 4.78 is 4.59. The minimum atomic E-state index is -0.712. The van der Waals surface area contributed by atoms with E-state index in [1.54, 1.807) is 0 Å². The average molecular weight is 331 g/mol. The van der Waals surface area contributed by atoms with Gasteiger partial charge in [-0.25, -0.2) is 9.78 Å². The van der Waals surface area contributed by atoms with E-state index in [4.69, 9.17) is 4.84 Å². The Morgan fingerprint density at radius 3 is 2.87 bits per heavy atom. The number of aromatic nitrogens is 1. The van der Waals surface area contributed by atoms with Gasteiger partial charge < -0.3 is 9.57 Å². The minimum absolute atomic E-state index is 0.312. The molecule has 2 aromatic rings. The highest BCUT2D eigenvalue weighted by Gasteiger charge is 2.29. The van der Waals surface area contributed by atoms with Crippen molar-refractivity contribution < 1.29 is 19.2 Å². The van der Waals surface area contributed by atoms with Crippen LogP contribution in [-0.2, 0) is 14.4 Å². The van der Waals surface area contributed by atoms with Crippen molar-refractivity contribution in [3.63, 3.8) is 0 Å². The summed E-state index contributed by atoms with van der Waals surface area (Å²) in [5.41, 5.74) is 1.64. The van der Waals surface area contributed by atoms with Gasteiger partial charge in [0.15, 0.2) is 5.13 Å². The molecule has 1 unspecified atom stereocenters. The third kappa shape index (κ3) is 3.37. The molecule has 1 amide bonds. The highest BCUT2D eigenvalue weighted by Crippen LogP contribution is 2.21. The second-order valence-corrected chi connectivity index (χ2v) is 5.74. The Bertz CT molecular complexity index is 757. The largest absolute Gasteiger partial charge is 0.465 e. The fourth-order valence-corrected chi connectivity index (χ4v) is 2.77. The maximum Gasteiger partial charge on any atom is 0.349 e. The maximum atomic E-state index is 12.2. The summed E-state index contributed by atoms with van der Waals surface area (Å²) >= 11 is 1.04. The van der Waals surface area contributed by atoms with E-state index < -0.39 is 12.1 Å². The Hall–Kier alpha value is -2.74. The molecular weight excluding hydrogens is 318 g/mol. The molecule has 3 rings (SSSR count). The summed E-state index contributed by atoms with van der Waals surface area (Å²) in [5, 5.41) is 6.89. The van der Waals surface area contributed by atoms with Crippen LogP contribution in [0.1, 0.15) is 21.7 Å². The molecular formula is C15H13N3O4S. The minimum Gasteiger partial charge on any atom is -0.465 e. The van der Waals surface area contributed by atoms with Crippen molar-refractivity contribution in [2.45, 2.75) is 12.5 Å². The standard InChI is InChI=1S/C15H13N3O4S/c1-21-14(20)12-8-16-15(23-12)17-13(19)11-7-10(18-22-11)9-5-3-2-4-6-9/h2-6,8,11H,7H2,1H3,(H,16,17,19). The number of nitrogens with one attached hydrogen (secondary N) is 1. The van der Waals surface area contributed by atoms with Crippen molar-refractivity contribution in [3.8, 4) is 0 Å². The van der Waals surface area contributed by atoms with Crippen molar-refractivity contribution in [1.29, 1.82) is 0 Å². The average Bonchev–Trinajstić information content (AvgIpc) is 3.24. The van der Waals surface area contributed by atoms with Crippen LogP contribution in [0.2, 0.25) is 0 Å². The highest BCUT2D eigenvalue weighted by atomic mass is 32.1. The first kappa shape index (κ1) is 15.2. The Kier molecular flexibility index (Phi) is 4.33. The van der Waals surface area contributed by atoms with E-state index in [2.05, 4.69) is 20.2 Å². The van der Waals surface area contributed by atoms with Gasteiger partial charge in [-0.1, -0.05) is 46.8 Å². The number of thiazole rings is 1. The van der Waals surface area contributed by atoms with Crippen LogP contribution < -0.4 is 5.32 Å². The summed E-state index contributed by atoms with van der Waals surface area (Å²) in [6.07, 6.45) is 1.02. The smallest absolute Gasteiger partial charge is 0.349 e. The molecule has 1 aromatic heterocycles. The molecule has 8 heteroatoms. The second kappa shape index (κ2) is 6.57. The molecule has 7 nitrogen and oxygen atoms in total. The predicted octanol–water partition coefficient (Wildman–Crippen LogP) is 2.06. The number of oxime groups is 1. The zero-order chi connectivity index (χ0) is 16.2. The third-order valence-corrected chi connectivity index (χ3v) is 4.08. The number of anilines is 1. The third-order valence-electron chi connectivity index (χ3n) is 3.19. The van der Waals surface area contributed by atoms with Crippen molar-refractivity contribution >= 4 is 34.1 Å². The molecule has 1 atom stereocenters. The fourth-order valence-electron chi connectivity index (χ4n) is 2.03. The zero-order valence-corrected chi connectivity index (χ0v) is 13.0. The number of rotatable bonds is 4. The Morgan fingerprint density at radius 2 is 2.13 bits per heavy atom. The predicted molar refractivity (Wildman–Crippen MR) is 84.6 cm³/mol. The molecule has 0 aliphatic carbocycles. The lowest BCUT2D eigenvalue weighted by Gasteiger charge is -2.06. The lowest BCUT2D eigenvalue weighted by Crippen LogP contribution is -2.27. The zero-order valence-electron chi connectivity index (χ0n) is 12.2. The lowest BCUT2D eigenvalue weighted by molar-refractivity contribution is -0.125. The Morgan fingerprint density at radius 1 is 1.35 bits per heavy atom. The van der Waals surface area contributed by atoms with E-state index in [0.29, 0.717) is 16.4 Å². The normalized spacial score (nSPS) is 16.4. The van der Waals surface area contributed by atoms with Crippen molar-refractivity contribution in [3.05, 3.63) is 47.0 Å². The molecule has 1 aromatic carbocycles. The first-order valence-electron chi connectivity index (χ1n) is 6.80. The topological polar surface area (TPSA) is 89.9 Å². The van der Waals surface area contributed by atoms with E-state index in [0.717, 1.165) is 22.6 Å². The number of amides is 1. The van der Waals surface area contributed by atoms with Gasteiger partial charge in [-0.15, -0.1) is 0 Å². The van der Waals surface area contributed by atoms with Gasteiger partial charge >= 0.3 is 5.97 Å². The van der Waals surface area contributed by atoms with E-state index in [1.807, 2.05) is 30.3 Å². The molecule has 0 bridgehead atoms. The quantitative estimate of drug-likeness (QED) is 0.866. The monoisotopic (exact) mass is 331 g/mol. The SMILES string of the molecule is COC(=O)c1cnc(NC(=O)C2CC(c3ccccc3)=NO2)s1. The van der Waals surface area contributed by atoms with Gasteiger partial charge in [0.05, 0.1) is 19.0 Å². The van der Waals surface area contributed by atoms with E-state index in [1.165, 1.54) is 13.3 Å². The summed E-state index contributed by atoms with van der Waals surface area (Å²) in [6, 6.07) is 9.52. The van der Waals surface area contributed by atoms with Crippen LogP contribution in [0.3, 0.4) is 0 Å². The molecule has 1 aliphatic rings. The van der Waals surface area contributed by atoms with Gasteiger partial charge in [-0.05, 0) is 5.56 Å². The molecule has 0 radical (unpaired) electrons. The number of hydrogen-bond donors (Lipinski definition) is 1. The van der Waals surface area contributed by atoms with Gasteiger partial charge in [-0.3, -0.25) is 10.1 Å². The van der Waals surface area contributed by atoms with Crippen LogP contribution in [0.4, 0.5) is 5.13 Å². The van der Waals surface area contributed by atoms with Gasteiger partial charge in [-0.2, -0.15) is 0 Å². The fraction of sp³-hybridized carbons (Fsp3) is 0.200.